The van der Waals surface area contributed by atoms with E-state index in [0.29, 0.717) is 0 Å². The standard InChI is InChI=1S/C17H23NO3/c1-12(17(20-3)21-4)18-11-13-5-6-15-10-16(19-2)8-7-14(15)9-13/h5-10,12,17-18H,11H2,1-4H3. The molecule has 4 heteroatoms. The van der Waals surface area contributed by atoms with Gasteiger partial charge in [0.2, 0.25) is 0 Å². The normalized spacial score (nSPS) is 12.8. The molecule has 0 aliphatic heterocycles. The van der Waals surface area contributed by atoms with Crippen LogP contribution in [0.4, 0.5) is 0 Å². The largest absolute Gasteiger partial charge is 0.497 e. The molecule has 0 spiro atoms. The highest BCUT2D eigenvalue weighted by atomic mass is 16.7. The van der Waals surface area contributed by atoms with Crippen LogP contribution in [-0.2, 0) is 16.0 Å². The number of benzene rings is 2. The highest BCUT2D eigenvalue weighted by Gasteiger charge is 2.14. The van der Waals surface area contributed by atoms with E-state index in [0.717, 1.165) is 12.3 Å². The zero-order valence-electron chi connectivity index (χ0n) is 13.1. The molecule has 0 aromatic heterocycles. The summed E-state index contributed by atoms with van der Waals surface area (Å²) in [5.41, 5.74) is 1.23. The maximum atomic E-state index is 5.25. The van der Waals surface area contributed by atoms with Crippen molar-refractivity contribution in [2.75, 3.05) is 21.3 Å². The molecule has 21 heavy (non-hydrogen) atoms. The number of ether oxygens (including phenoxy) is 3. The van der Waals surface area contributed by atoms with E-state index in [-0.39, 0.29) is 12.3 Å². The van der Waals surface area contributed by atoms with E-state index >= 15 is 0 Å². The molecular formula is C17H23NO3. The third-order valence-corrected chi connectivity index (χ3v) is 3.61. The average molecular weight is 289 g/mol. The third kappa shape index (κ3) is 3.94. The first kappa shape index (κ1) is 15.8. The van der Waals surface area contributed by atoms with Crippen molar-refractivity contribution in [1.29, 1.82) is 0 Å². The first-order valence-corrected chi connectivity index (χ1v) is 7.03. The van der Waals surface area contributed by atoms with Crippen LogP contribution >= 0.6 is 0 Å². The Labute approximate surface area is 126 Å². The van der Waals surface area contributed by atoms with Crippen LogP contribution in [0.2, 0.25) is 0 Å². The van der Waals surface area contributed by atoms with Crippen molar-refractivity contribution in [2.24, 2.45) is 0 Å². The molecule has 114 valence electrons. The minimum atomic E-state index is -0.241. The van der Waals surface area contributed by atoms with Gasteiger partial charge >= 0.3 is 0 Å². The van der Waals surface area contributed by atoms with Crippen LogP contribution in [0.25, 0.3) is 10.8 Å². The van der Waals surface area contributed by atoms with Gasteiger partial charge < -0.3 is 19.5 Å². The molecule has 2 aromatic rings. The molecule has 0 radical (unpaired) electrons. The first-order valence-electron chi connectivity index (χ1n) is 7.03. The second-order valence-corrected chi connectivity index (χ2v) is 5.06. The SMILES string of the molecule is COc1ccc2cc(CNC(C)C(OC)OC)ccc2c1. The van der Waals surface area contributed by atoms with E-state index < -0.39 is 0 Å². The van der Waals surface area contributed by atoms with Crippen molar-refractivity contribution in [3.05, 3.63) is 42.0 Å². The second-order valence-electron chi connectivity index (χ2n) is 5.06. The van der Waals surface area contributed by atoms with E-state index in [1.807, 2.05) is 19.1 Å². The smallest absolute Gasteiger partial charge is 0.171 e. The molecule has 0 bridgehead atoms. The first-order chi connectivity index (χ1) is 10.2. The molecule has 0 aliphatic rings. The topological polar surface area (TPSA) is 39.7 Å². The molecule has 2 aromatic carbocycles. The van der Waals surface area contributed by atoms with E-state index in [1.54, 1.807) is 21.3 Å². The van der Waals surface area contributed by atoms with Gasteiger partial charge in [-0.15, -0.1) is 0 Å². The average Bonchev–Trinajstić information content (AvgIpc) is 2.53. The predicted octanol–water partition coefficient (Wildman–Crippen LogP) is 2.95. The fourth-order valence-corrected chi connectivity index (χ4v) is 2.39. The Morgan fingerprint density at radius 2 is 1.62 bits per heavy atom. The van der Waals surface area contributed by atoms with Crippen LogP contribution in [0.5, 0.6) is 5.75 Å². The van der Waals surface area contributed by atoms with Gasteiger partial charge in [-0.25, -0.2) is 0 Å². The summed E-state index contributed by atoms with van der Waals surface area (Å²) < 4.78 is 15.7. The quantitative estimate of drug-likeness (QED) is 0.796. The number of methoxy groups -OCH3 is 3. The summed E-state index contributed by atoms with van der Waals surface area (Å²) in [6.07, 6.45) is -0.241. The maximum Gasteiger partial charge on any atom is 0.171 e. The fourth-order valence-electron chi connectivity index (χ4n) is 2.39. The zero-order chi connectivity index (χ0) is 15.2. The lowest BCUT2D eigenvalue weighted by molar-refractivity contribution is -0.119. The zero-order valence-corrected chi connectivity index (χ0v) is 13.1. The summed E-state index contributed by atoms with van der Waals surface area (Å²) in [5.74, 6) is 0.880. The van der Waals surface area contributed by atoms with Crippen molar-refractivity contribution < 1.29 is 14.2 Å². The molecule has 1 unspecified atom stereocenters. The van der Waals surface area contributed by atoms with Gasteiger partial charge in [-0.1, -0.05) is 18.2 Å². The summed E-state index contributed by atoms with van der Waals surface area (Å²) >= 11 is 0. The van der Waals surface area contributed by atoms with E-state index in [1.165, 1.54) is 16.3 Å². The van der Waals surface area contributed by atoms with Crippen molar-refractivity contribution in [1.82, 2.24) is 5.32 Å². The van der Waals surface area contributed by atoms with Crippen LogP contribution < -0.4 is 10.1 Å². The van der Waals surface area contributed by atoms with Crippen LogP contribution in [0.15, 0.2) is 36.4 Å². The van der Waals surface area contributed by atoms with Crippen molar-refractivity contribution in [3.8, 4) is 5.75 Å². The Bertz CT molecular complexity index is 581. The van der Waals surface area contributed by atoms with E-state index in [2.05, 4.69) is 29.6 Å². The molecule has 0 amide bonds. The Morgan fingerprint density at radius 1 is 0.952 bits per heavy atom. The van der Waals surface area contributed by atoms with Gasteiger partial charge in [0.05, 0.1) is 13.2 Å². The summed E-state index contributed by atoms with van der Waals surface area (Å²) in [5, 5.41) is 5.80. The molecule has 2 rings (SSSR count). The summed E-state index contributed by atoms with van der Waals surface area (Å²) in [6, 6.07) is 12.6. The molecule has 0 aliphatic carbocycles. The molecule has 0 saturated heterocycles. The minimum Gasteiger partial charge on any atom is -0.497 e. The van der Waals surface area contributed by atoms with Crippen LogP contribution in [-0.4, -0.2) is 33.7 Å². The molecule has 0 fully saturated rings. The van der Waals surface area contributed by atoms with Crippen molar-refractivity contribution >= 4 is 10.8 Å². The Hall–Kier alpha value is -1.62. The van der Waals surface area contributed by atoms with Gasteiger partial charge in [0.25, 0.3) is 0 Å². The van der Waals surface area contributed by atoms with Gasteiger partial charge in [-0.3, -0.25) is 0 Å². The van der Waals surface area contributed by atoms with E-state index in [9.17, 15) is 0 Å². The third-order valence-electron chi connectivity index (χ3n) is 3.61. The van der Waals surface area contributed by atoms with Gasteiger partial charge in [-0.2, -0.15) is 0 Å². The van der Waals surface area contributed by atoms with Crippen LogP contribution in [0.3, 0.4) is 0 Å². The fraction of sp³-hybridized carbons (Fsp3) is 0.412. The number of hydrogen-bond donors (Lipinski definition) is 1. The van der Waals surface area contributed by atoms with Gasteiger partial charge in [0.1, 0.15) is 5.75 Å². The lowest BCUT2D eigenvalue weighted by Gasteiger charge is -2.22. The predicted molar refractivity (Wildman–Crippen MR) is 84.6 cm³/mol. The van der Waals surface area contributed by atoms with Crippen LogP contribution in [0.1, 0.15) is 12.5 Å². The summed E-state index contributed by atoms with van der Waals surface area (Å²) in [6.45, 7) is 2.82. The van der Waals surface area contributed by atoms with Gasteiger partial charge in [0.15, 0.2) is 6.29 Å². The number of fused-ring (bicyclic) bond motifs is 1. The van der Waals surface area contributed by atoms with Crippen LogP contribution in [0, 0.1) is 0 Å². The Kier molecular flexibility index (Phi) is 5.56. The lowest BCUT2D eigenvalue weighted by atomic mass is 10.1. The van der Waals surface area contributed by atoms with Gasteiger partial charge in [0, 0.05) is 20.8 Å². The maximum absolute atomic E-state index is 5.25. The molecule has 4 nitrogen and oxygen atoms in total. The Balaban J connectivity index is 2.06. The molecule has 1 N–H and O–H groups in total. The second kappa shape index (κ2) is 7.41. The monoisotopic (exact) mass is 289 g/mol. The Morgan fingerprint density at radius 3 is 2.29 bits per heavy atom. The molecule has 0 saturated carbocycles. The summed E-state index contributed by atoms with van der Waals surface area (Å²) in [4.78, 5) is 0. The number of nitrogens with one attached hydrogen (secondary N) is 1. The number of hydrogen-bond acceptors (Lipinski definition) is 4. The van der Waals surface area contributed by atoms with Crippen molar-refractivity contribution in [2.45, 2.75) is 25.8 Å². The highest BCUT2D eigenvalue weighted by Crippen LogP contribution is 2.21. The number of rotatable bonds is 7. The van der Waals surface area contributed by atoms with E-state index in [4.69, 9.17) is 14.2 Å². The lowest BCUT2D eigenvalue weighted by Crippen LogP contribution is -2.39. The van der Waals surface area contributed by atoms with Gasteiger partial charge in [-0.05, 0) is 41.5 Å². The minimum absolute atomic E-state index is 0.117. The van der Waals surface area contributed by atoms with Crippen molar-refractivity contribution in [3.63, 3.8) is 0 Å². The molecule has 0 heterocycles. The summed E-state index contributed by atoms with van der Waals surface area (Å²) in [7, 11) is 4.98. The highest BCUT2D eigenvalue weighted by molar-refractivity contribution is 5.84. The molecule has 1 atom stereocenters. The molecular weight excluding hydrogens is 266 g/mol.